The first-order valence-electron chi connectivity index (χ1n) is 9.32. The van der Waals surface area contributed by atoms with Crippen LogP contribution in [-0.2, 0) is 14.4 Å². The molecule has 0 saturated carbocycles. The molecule has 148 valence electrons. The first kappa shape index (κ1) is 20.7. The van der Waals surface area contributed by atoms with Crippen LogP contribution in [0.1, 0.15) is 33.1 Å². The van der Waals surface area contributed by atoms with Gasteiger partial charge in [-0.05, 0) is 24.5 Å². The number of piperazine rings is 1. The number of hydrogen-bond acceptors (Lipinski definition) is 5. The molecule has 0 bridgehead atoms. The summed E-state index contributed by atoms with van der Waals surface area (Å²) < 4.78 is 0. The van der Waals surface area contributed by atoms with Crippen LogP contribution in [0.5, 0.6) is 0 Å². The standard InChI is InChI=1S/C19H28N4O4/c1-14(2)13-15(19(26)27)21-17(24)6-7-18(25)23-11-9-22(10-12-23)16-5-3-4-8-20-16/h3-5,8,14-15H,6-7,9-13H2,1-2H3,(H,21,24)(H,26,27). The molecule has 2 N–H and O–H groups in total. The maximum Gasteiger partial charge on any atom is 0.326 e. The molecule has 27 heavy (non-hydrogen) atoms. The van der Waals surface area contributed by atoms with Gasteiger partial charge in [0.05, 0.1) is 0 Å². The molecule has 1 aliphatic rings. The maximum atomic E-state index is 12.3. The highest BCUT2D eigenvalue weighted by Crippen LogP contribution is 2.13. The summed E-state index contributed by atoms with van der Waals surface area (Å²) in [5.41, 5.74) is 0. The van der Waals surface area contributed by atoms with Gasteiger partial charge in [-0.25, -0.2) is 9.78 Å². The molecule has 1 atom stereocenters. The second kappa shape index (κ2) is 9.89. The quantitative estimate of drug-likeness (QED) is 0.705. The van der Waals surface area contributed by atoms with Gasteiger partial charge < -0.3 is 20.2 Å². The van der Waals surface area contributed by atoms with Gasteiger partial charge in [-0.15, -0.1) is 0 Å². The summed E-state index contributed by atoms with van der Waals surface area (Å²) in [6.45, 7) is 6.37. The number of carbonyl (C=O) groups is 3. The minimum Gasteiger partial charge on any atom is -0.480 e. The van der Waals surface area contributed by atoms with Gasteiger partial charge in [0.15, 0.2) is 0 Å². The van der Waals surface area contributed by atoms with Gasteiger partial charge in [0.2, 0.25) is 11.8 Å². The molecular weight excluding hydrogens is 348 g/mol. The first-order valence-corrected chi connectivity index (χ1v) is 9.32. The van der Waals surface area contributed by atoms with Gasteiger partial charge in [-0.3, -0.25) is 9.59 Å². The molecule has 1 aromatic heterocycles. The third kappa shape index (κ3) is 6.54. The molecular formula is C19H28N4O4. The van der Waals surface area contributed by atoms with Crippen LogP contribution in [0.15, 0.2) is 24.4 Å². The van der Waals surface area contributed by atoms with E-state index in [1.165, 1.54) is 0 Å². The lowest BCUT2D eigenvalue weighted by atomic mass is 10.0. The Balaban J connectivity index is 1.74. The number of nitrogens with one attached hydrogen (secondary N) is 1. The molecule has 1 unspecified atom stereocenters. The molecule has 1 saturated heterocycles. The van der Waals surface area contributed by atoms with E-state index < -0.39 is 17.9 Å². The van der Waals surface area contributed by atoms with E-state index >= 15 is 0 Å². The molecule has 0 aromatic carbocycles. The average molecular weight is 376 g/mol. The fraction of sp³-hybridized carbons (Fsp3) is 0.579. The van der Waals surface area contributed by atoms with E-state index in [0.717, 1.165) is 5.82 Å². The van der Waals surface area contributed by atoms with Crippen molar-refractivity contribution in [1.29, 1.82) is 0 Å². The highest BCUT2D eigenvalue weighted by molar-refractivity contribution is 5.87. The Kier molecular flexibility index (Phi) is 7.57. The summed E-state index contributed by atoms with van der Waals surface area (Å²) in [6, 6.07) is 4.83. The smallest absolute Gasteiger partial charge is 0.326 e. The highest BCUT2D eigenvalue weighted by Gasteiger charge is 2.24. The van der Waals surface area contributed by atoms with Gasteiger partial charge in [-0.1, -0.05) is 19.9 Å². The normalized spacial score (nSPS) is 15.5. The van der Waals surface area contributed by atoms with Crippen LogP contribution in [0.25, 0.3) is 0 Å². The van der Waals surface area contributed by atoms with E-state index in [1.54, 1.807) is 11.1 Å². The topological polar surface area (TPSA) is 103 Å². The number of nitrogens with zero attached hydrogens (tertiary/aromatic N) is 3. The van der Waals surface area contributed by atoms with Crippen LogP contribution in [0, 0.1) is 5.92 Å². The highest BCUT2D eigenvalue weighted by atomic mass is 16.4. The zero-order chi connectivity index (χ0) is 19.8. The fourth-order valence-electron chi connectivity index (χ4n) is 3.06. The van der Waals surface area contributed by atoms with Gasteiger partial charge in [0, 0.05) is 45.2 Å². The Morgan fingerprint density at radius 1 is 1.15 bits per heavy atom. The van der Waals surface area contributed by atoms with Crippen LogP contribution in [0.2, 0.25) is 0 Å². The van der Waals surface area contributed by atoms with Crippen molar-refractivity contribution in [3.8, 4) is 0 Å². The lowest BCUT2D eigenvalue weighted by Crippen LogP contribution is -2.49. The van der Waals surface area contributed by atoms with Crippen molar-refractivity contribution in [2.45, 2.75) is 39.2 Å². The number of carboxylic acid groups (broad SMARTS) is 1. The average Bonchev–Trinajstić information content (AvgIpc) is 2.66. The van der Waals surface area contributed by atoms with Gasteiger partial charge in [0.1, 0.15) is 11.9 Å². The number of aliphatic carboxylic acids is 1. The lowest BCUT2D eigenvalue weighted by Gasteiger charge is -2.35. The van der Waals surface area contributed by atoms with Crippen LogP contribution in [0.3, 0.4) is 0 Å². The Morgan fingerprint density at radius 3 is 2.41 bits per heavy atom. The maximum absolute atomic E-state index is 12.3. The van der Waals surface area contributed by atoms with E-state index in [-0.39, 0.29) is 24.7 Å². The van der Waals surface area contributed by atoms with E-state index in [0.29, 0.717) is 32.6 Å². The number of amides is 2. The minimum absolute atomic E-state index is 0.00115. The van der Waals surface area contributed by atoms with Crippen LogP contribution >= 0.6 is 0 Å². The second-order valence-corrected chi connectivity index (χ2v) is 7.14. The number of anilines is 1. The van der Waals surface area contributed by atoms with Crippen molar-refractivity contribution in [2.24, 2.45) is 5.92 Å². The van der Waals surface area contributed by atoms with Crippen LogP contribution in [0.4, 0.5) is 5.82 Å². The molecule has 8 heteroatoms. The summed E-state index contributed by atoms with van der Waals surface area (Å²) in [7, 11) is 0. The van der Waals surface area contributed by atoms with E-state index in [2.05, 4.69) is 15.2 Å². The minimum atomic E-state index is -1.05. The number of pyridine rings is 1. The SMILES string of the molecule is CC(C)CC(NC(=O)CCC(=O)N1CCN(c2ccccn2)CC1)C(=O)O. The van der Waals surface area contributed by atoms with E-state index in [9.17, 15) is 19.5 Å². The predicted octanol–water partition coefficient (Wildman–Crippen LogP) is 1.13. The van der Waals surface area contributed by atoms with E-state index in [4.69, 9.17) is 0 Å². The van der Waals surface area contributed by atoms with Crippen LogP contribution in [-0.4, -0.2) is 65.0 Å². The predicted molar refractivity (Wildman–Crippen MR) is 101 cm³/mol. The summed E-state index contributed by atoms with van der Waals surface area (Å²) in [5.74, 6) is -0.476. The van der Waals surface area contributed by atoms with Crippen molar-refractivity contribution in [3.63, 3.8) is 0 Å². The summed E-state index contributed by atoms with van der Waals surface area (Å²) in [5, 5.41) is 11.7. The molecule has 1 aromatic rings. The zero-order valence-electron chi connectivity index (χ0n) is 15.9. The van der Waals surface area contributed by atoms with Crippen molar-refractivity contribution in [2.75, 3.05) is 31.1 Å². The fourth-order valence-corrected chi connectivity index (χ4v) is 3.06. The number of rotatable bonds is 8. The molecule has 0 aliphatic carbocycles. The molecule has 0 radical (unpaired) electrons. The molecule has 0 spiro atoms. The van der Waals surface area contributed by atoms with Crippen LogP contribution < -0.4 is 10.2 Å². The molecule has 2 heterocycles. The van der Waals surface area contributed by atoms with Crippen molar-refractivity contribution in [3.05, 3.63) is 24.4 Å². The number of aromatic nitrogens is 1. The van der Waals surface area contributed by atoms with Crippen molar-refractivity contribution in [1.82, 2.24) is 15.2 Å². The third-order valence-electron chi connectivity index (χ3n) is 4.51. The zero-order valence-corrected chi connectivity index (χ0v) is 15.9. The molecule has 8 nitrogen and oxygen atoms in total. The summed E-state index contributed by atoms with van der Waals surface area (Å²) >= 11 is 0. The number of hydrogen-bond donors (Lipinski definition) is 2. The van der Waals surface area contributed by atoms with Gasteiger partial charge in [0.25, 0.3) is 0 Å². The number of carboxylic acids is 1. The Labute approximate surface area is 159 Å². The number of carbonyl (C=O) groups excluding carboxylic acids is 2. The largest absolute Gasteiger partial charge is 0.480 e. The molecule has 1 fully saturated rings. The Bertz CT molecular complexity index is 642. The molecule has 2 rings (SSSR count). The Hall–Kier alpha value is -2.64. The third-order valence-corrected chi connectivity index (χ3v) is 4.51. The summed E-state index contributed by atoms with van der Waals surface area (Å²) in [4.78, 5) is 43.7. The summed E-state index contributed by atoms with van der Waals surface area (Å²) in [6.07, 6.45) is 2.20. The monoisotopic (exact) mass is 376 g/mol. The second-order valence-electron chi connectivity index (χ2n) is 7.14. The van der Waals surface area contributed by atoms with Crippen molar-refractivity contribution < 1.29 is 19.5 Å². The Morgan fingerprint density at radius 2 is 1.85 bits per heavy atom. The first-order chi connectivity index (χ1) is 12.9. The van der Waals surface area contributed by atoms with E-state index in [1.807, 2.05) is 32.0 Å². The molecule has 1 aliphatic heterocycles. The van der Waals surface area contributed by atoms with Crippen molar-refractivity contribution >= 4 is 23.6 Å². The molecule has 2 amide bonds. The van der Waals surface area contributed by atoms with Gasteiger partial charge in [-0.2, -0.15) is 0 Å². The lowest BCUT2D eigenvalue weighted by molar-refractivity contribution is -0.142. The van der Waals surface area contributed by atoms with Gasteiger partial charge >= 0.3 is 5.97 Å².